The van der Waals surface area contributed by atoms with E-state index in [0.29, 0.717) is 11.6 Å². The summed E-state index contributed by atoms with van der Waals surface area (Å²) in [5.41, 5.74) is 1.90. The summed E-state index contributed by atoms with van der Waals surface area (Å²) < 4.78 is 10.5. The summed E-state index contributed by atoms with van der Waals surface area (Å²) in [5.74, 6) is 1.27. The van der Waals surface area contributed by atoms with Crippen LogP contribution in [0.25, 0.3) is 0 Å². The molecule has 0 N–H and O–H groups in total. The molecule has 1 aliphatic carbocycles. The molecule has 0 spiro atoms. The van der Waals surface area contributed by atoms with Gasteiger partial charge in [-0.2, -0.15) is 0 Å². The van der Waals surface area contributed by atoms with Crippen molar-refractivity contribution < 1.29 is 14.3 Å². The molecule has 1 aromatic rings. The summed E-state index contributed by atoms with van der Waals surface area (Å²) in [5, 5.41) is 0.649. The fourth-order valence-corrected chi connectivity index (χ4v) is 2.52. The van der Waals surface area contributed by atoms with Gasteiger partial charge in [0.05, 0.1) is 20.1 Å². The molecular weight excluding hydrogens is 264 g/mol. The lowest BCUT2D eigenvalue weighted by Crippen LogP contribution is -2.09. The first-order chi connectivity index (χ1) is 9.13. The van der Waals surface area contributed by atoms with Gasteiger partial charge in [0, 0.05) is 10.6 Å². The Bertz CT molecular complexity index is 467. The van der Waals surface area contributed by atoms with Crippen molar-refractivity contribution in [1.29, 1.82) is 0 Å². The number of rotatable bonds is 6. The van der Waals surface area contributed by atoms with E-state index in [-0.39, 0.29) is 12.4 Å². The Morgan fingerprint density at radius 3 is 2.63 bits per heavy atom. The van der Waals surface area contributed by atoms with Gasteiger partial charge in [0.1, 0.15) is 5.75 Å². The van der Waals surface area contributed by atoms with Crippen LogP contribution in [0.1, 0.15) is 30.9 Å². The zero-order valence-corrected chi connectivity index (χ0v) is 12.1. The maximum atomic E-state index is 11.6. The van der Waals surface area contributed by atoms with E-state index < -0.39 is 0 Å². The predicted octanol–water partition coefficient (Wildman–Crippen LogP) is 3.41. The zero-order valence-electron chi connectivity index (χ0n) is 11.4. The molecule has 19 heavy (non-hydrogen) atoms. The van der Waals surface area contributed by atoms with Crippen LogP contribution >= 0.6 is 11.6 Å². The minimum absolute atomic E-state index is 0.204. The van der Waals surface area contributed by atoms with Crippen molar-refractivity contribution in [3.05, 3.63) is 28.3 Å². The average Bonchev–Trinajstić information content (AvgIpc) is 3.13. The van der Waals surface area contributed by atoms with Crippen LogP contribution in [-0.2, 0) is 22.4 Å². The number of methoxy groups -OCH3 is 1. The van der Waals surface area contributed by atoms with E-state index in [2.05, 4.69) is 0 Å². The van der Waals surface area contributed by atoms with Gasteiger partial charge in [-0.15, -0.1) is 0 Å². The van der Waals surface area contributed by atoms with Gasteiger partial charge in [0.15, 0.2) is 0 Å². The molecule has 0 unspecified atom stereocenters. The lowest BCUT2D eigenvalue weighted by Gasteiger charge is -2.14. The summed E-state index contributed by atoms with van der Waals surface area (Å²) in [6.07, 6.45) is 3.71. The maximum absolute atomic E-state index is 11.6. The Kier molecular flexibility index (Phi) is 4.70. The quantitative estimate of drug-likeness (QED) is 0.750. The topological polar surface area (TPSA) is 35.5 Å². The van der Waals surface area contributed by atoms with Crippen LogP contribution in [0.2, 0.25) is 5.02 Å². The summed E-state index contributed by atoms with van der Waals surface area (Å²) in [6.45, 7) is 2.18. The molecular formula is C15H19ClO3. The Morgan fingerprint density at radius 2 is 2.05 bits per heavy atom. The number of hydrogen-bond acceptors (Lipinski definition) is 3. The minimum atomic E-state index is -0.250. The third-order valence-corrected chi connectivity index (χ3v) is 3.48. The lowest BCUT2D eigenvalue weighted by molar-refractivity contribution is -0.142. The van der Waals surface area contributed by atoms with E-state index in [1.807, 2.05) is 6.07 Å². The molecule has 4 heteroatoms. The normalized spacial score (nSPS) is 14.3. The first-order valence-corrected chi connectivity index (χ1v) is 7.02. The highest BCUT2D eigenvalue weighted by molar-refractivity contribution is 6.30. The van der Waals surface area contributed by atoms with Crippen LogP contribution in [0.4, 0.5) is 0 Å². The second kappa shape index (κ2) is 6.29. The Labute approximate surface area is 118 Å². The van der Waals surface area contributed by atoms with Crippen LogP contribution < -0.4 is 4.74 Å². The maximum Gasteiger partial charge on any atom is 0.310 e. The third-order valence-electron chi connectivity index (χ3n) is 3.26. The second-order valence-corrected chi connectivity index (χ2v) is 5.32. The van der Waals surface area contributed by atoms with Crippen molar-refractivity contribution in [3.8, 4) is 5.75 Å². The van der Waals surface area contributed by atoms with Crippen molar-refractivity contribution in [2.75, 3.05) is 13.7 Å². The highest BCUT2D eigenvalue weighted by atomic mass is 35.5. The number of ether oxygens (including phenoxy) is 2. The van der Waals surface area contributed by atoms with Gasteiger partial charge in [-0.25, -0.2) is 0 Å². The molecule has 0 aliphatic heterocycles. The van der Waals surface area contributed by atoms with Gasteiger partial charge in [-0.3, -0.25) is 4.79 Å². The first kappa shape index (κ1) is 14.2. The van der Waals surface area contributed by atoms with E-state index in [9.17, 15) is 4.79 Å². The predicted molar refractivity (Wildman–Crippen MR) is 74.8 cm³/mol. The van der Waals surface area contributed by atoms with E-state index in [1.54, 1.807) is 20.1 Å². The molecule has 1 aliphatic rings. The fourth-order valence-electron chi connectivity index (χ4n) is 2.26. The molecule has 1 fully saturated rings. The smallest absolute Gasteiger partial charge is 0.310 e. The molecule has 2 rings (SSSR count). The van der Waals surface area contributed by atoms with Crippen molar-refractivity contribution >= 4 is 17.6 Å². The van der Waals surface area contributed by atoms with Crippen molar-refractivity contribution in [2.45, 2.75) is 32.6 Å². The summed E-state index contributed by atoms with van der Waals surface area (Å²) in [7, 11) is 1.63. The van der Waals surface area contributed by atoms with Gasteiger partial charge < -0.3 is 9.47 Å². The van der Waals surface area contributed by atoms with Crippen molar-refractivity contribution in [2.24, 2.45) is 5.92 Å². The lowest BCUT2D eigenvalue weighted by atomic mass is 10.0. The van der Waals surface area contributed by atoms with Gasteiger partial charge in [0.25, 0.3) is 0 Å². The highest BCUT2D eigenvalue weighted by Crippen LogP contribution is 2.37. The first-order valence-electron chi connectivity index (χ1n) is 6.65. The summed E-state index contributed by atoms with van der Waals surface area (Å²) >= 11 is 6.14. The SMILES string of the molecule is CCOC(=O)Cc1cc(Cl)cc(CC2CC2)c1OC. The Morgan fingerprint density at radius 1 is 1.37 bits per heavy atom. The van der Waals surface area contributed by atoms with E-state index >= 15 is 0 Å². The molecule has 0 bridgehead atoms. The second-order valence-electron chi connectivity index (χ2n) is 4.89. The Balaban J connectivity index is 2.24. The number of carbonyl (C=O) groups excluding carboxylic acids is 1. The molecule has 3 nitrogen and oxygen atoms in total. The fraction of sp³-hybridized carbons (Fsp3) is 0.533. The van der Waals surface area contributed by atoms with Crippen molar-refractivity contribution in [1.82, 2.24) is 0 Å². The molecule has 0 radical (unpaired) electrons. The van der Waals surface area contributed by atoms with E-state index in [0.717, 1.165) is 29.2 Å². The van der Waals surface area contributed by atoms with Gasteiger partial charge in [0.2, 0.25) is 0 Å². The van der Waals surface area contributed by atoms with Gasteiger partial charge >= 0.3 is 5.97 Å². The molecule has 0 aromatic heterocycles. The molecule has 104 valence electrons. The van der Waals surface area contributed by atoms with Gasteiger partial charge in [-0.1, -0.05) is 11.6 Å². The number of benzene rings is 1. The van der Waals surface area contributed by atoms with E-state index in [1.165, 1.54) is 12.8 Å². The highest BCUT2D eigenvalue weighted by Gasteiger charge is 2.24. The van der Waals surface area contributed by atoms with Crippen molar-refractivity contribution in [3.63, 3.8) is 0 Å². The van der Waals surface area contributed by atoms with Crippen LogP contribution in [0.3, 0.4) is 0 Å². The molecule has 1 aromatic carbocycles. The largest absolute Gasteiger partial charge is 0.496 e. The summed E-state index contributed by atoms with van der Waals surface area (Å²) in [4.78, 5) is 11.6. The Hall–Kier alpha value is -1.22. The minimum Gasteiger partial charge on any atom is -0.496 e. The number of esters is 1. The average molecular weight is 283 g/mol. The third kappa shape index (κ3) is 3.87. The van der Waals surface area contributed by atoms with Crippen LogP contribution in [0.15, 0.2) is 12.1 Å². The zero-order chi connectivity index (χ0) is 13.8. The molecule has 0 saturated heterocycles. The molecule has 0 atom stereocenters. The van der Waals surface area contributed by atoms with E-state index in [4.69, 9.17) is 21.1 Å². The van der Waals surface area contributed by atoms with Crippen LogP contribution in [-0.4, -0.2) is 19.7 Å². The standard InChI is InChI=1S/C15H19ClO3/c1-3-19-14(17)9-12-8-13(16)7-11(15(12)18-2)6-10-4-5-10/h7-8,10H,3-6,9H2,1-2H3. The molecule has 0 amide bonds. The van der Waals surface area contributed by atoms with Crippen LogP contribution in [0.5, 0.6) is 5.75 Å². The number of carbonyl (C=O) groups is 1. The number of halogens is 1. The number of hydrogen-bond donors (Lipinski definition) is 0. The summed E-state index contributed by atoms with van der Waals surface area (Å²) in [6, 6.07) is 3.72. The monoisotopic (exact) mass is 282 g/mol. The van der Waals surface area contributed by atoms with Gasteiger partial charge in [-0.05, 0) is 49.8 Å². The molecule has 1 saturated carbocycles. The van der Waals surface area contributed by atoms with Crippen LogP contribution in [0, 0.1) is 5.92 Å². The molecule has 0 heterocycles.